The zero-order valence-corrected chi connectivity index (χ0v) is 11.2. The molecule has 1 aliphatic carbocycles. The molecule has 94 valence electrons. The molecule has 0 atom stereocenters. The minimum Gasteiger partial charge on any atom is -0.0885 e. The smallest absolute Gasteiger partial charge is 0.0152 e. The second kappa shape index (κ2) is 7.00. The number of rotatable bonds is 1. The van der Waals surface area contributed by atoms with Crippen LogP contribution in [0.3, 0.4) is 0 Å². The monoisotopic (exact) mass is 238 g/mol. The molecule has 0 nitrogen and oxygen atoms in total. The van der Waals surface area contributed by atoms with Gasteiger partial charge in [0, 0.05) is 0 Å². The molecule has 0 amide bonds. The van der Waals surface area contributed by atoms with Gasteiger partial charge in [-0.3, -0.25) is 0 Å². The zero-order valence-electron chi connectivity index (χ0n) is 11.2. The van der Waals surface area contributed by atoms with Gasteiger partial charge in [-0.2, -0.15) is 0 Å². The van der Waals surface area contributed by atoms with Gasteiger partial charge < -0.3 is 0 Å². The molecule has 0 spiro atoms. The summed E-state index contributed by atoms with van der Waals surface area (Å²) >= 11 is 0. The molecule has 2 aromatic rings. The number of aryl methyl sites for hydroxylation is 1. The number of allylic oxidation sites excluding steroid dienone is 2. The lowest BCUT2D eigenvalue weighted by Gasteiger charge is -2.02. The number of fused-ring (bicyclic) bond motifs is 1. The predicted octanol–water partition coefficient (Wildman–Crippen LogP) is 5.52. The minimum absolute atomic E-state index is 1.11. The highest BCUT2D eigenvalue weighted by molar-refractivity contribution is 5.85. The molecular weight excluding hydrogens is 216 g/mol. The fourth-order valence-corrected chi connectivity index (χ4v) is 2.36. The van der Waals surface area contributed by atoms with Crippen molar-refractivity contribution in [1.29, 1.82) is 0 Å². The number of hydrogen-bond donors (Lipinski definition) is 0. The molecule has 0 aliphatic heterocycles. The Morgan fingerprint density at radius 2 is 1.50 bits per heavy atom. The fourth-order valence-electron chi connectivity index (χ4n) is 2.36. The SMILES string of the molecule is C1=CCCCC1.CCc1cccc2ccccc12. The van der Waals surface area contributed by atoms with Crippen LogP contribution in [0.2, 0.25) is 0 Å². The first-order valence-corrected chi connectivity index (χ1v) is 7.03. The number of hydrogen-bond acceptors (Lipinski definition) is 0. The van der Waals surface area contributed by atoms with Crippen LogP contribution in [0.5, 0.6) is 0 Å². The molecule has 0 aromatic heterocycles. The first-order valence-electron chi connectivity index (χ1n) is 7.03. The Kier molecular flexibility index (Phi) is 5.01. The minimum atomic E-state index is 1.11. The summed E-state index contributed by atoms with van der Waals surface area (Å²) in [6, 6.07) is 15.0. The van der Waals surface area contributed by atoms with Crippen LogP contribution in [0.1, 0.15) is 38.2 Å². The van der Waals surface area contributed by atoms with Crippen molar-refractivity contribution < 1.29 is 0 Å². The van der Waals surface area contributed by atoms with Crippen LogP contribution in [-0.4, -0.2) is 0 Å². The highest BCUT2D eigenvalue weighted by Gasteiger charge is 1.95. The largest absolute Gasteiger partial charge is 0.0885 e. The van der Waals surface area contributed by atoms with Crippen molar-refractivity contribution in [2.24, 2.45) is 0 Å². The van der Waals surface area contributed by atoms with Crippen LogP contribution in [0, 0.1) is 0 Å². The standard InChI is InChI=1S/C12H12.C6H10/c1-2-10-7-5-8-11-6-3-4-9-12(10)11;1-2-4-6-5-3-1/h3-9H,2H2,1H3;1-2H,3-6H2. The van der Waals surface area contributed by atoms with Gasteiger partial charge in [0.1, 0.15) is 0 Å². The van der Waals surface area contributed by atoms with Gasteiger partial charge in [0.25, 0.3) is 0 Å². The first-order chi connectivity index (χ1) is 8.92. The molecule has 18 heavy (non-hydrogen) atoms. The summed E-state index contributed by atoms with van der Waals surface area (Å²) in [7, 11) is 0. The van der Waals surface area contributed by atoms with Crippen LogP contribution in [0.15, 0.2) is 54.6 Å². The normalized spacial score (nSPS) is 14.1. The van der Waals surface area contributed by atoms with E-state index >= 15 is 0 Å². The first kappa shape index (κ1) is 12.9. The average molecular weight is 238 g/mol. The summed E-state index contributed by atoms with van der Waals surface area (Å²) in [5.74, 6) is 0. The summed E-state index contributed by atoms with van der Waals surface area (Å²) < 4.78 is 0. The van der Waals surface area contributed by atoms with E-state index in [1.807, 2.05) is 0 Å². The topological polar surface area (TPSA) is 0 Å². The van der Waals surface area contributed by atoms with Crippen molar-refractivity contribution >= 4 is 10.8 Å². The lowest BCUT2D eigenvalue weighted by molar-refractivity contribution is 0.730. The van der Waals surface area contributed by atoms with Gasteiger partial charge >= 0.3 is 0 Å². The fraction of sp³-hybridized carbons (Fsp3) is 0.333. The van der Waals surface area contributed by atoms with E-state index in [9.17, 15) is 0 Å². The van der Waals surface area contributed by atoms with Gasteiger partial charge in [0.15, 0.2) is 0 Å². The van der Waals surface area contributed by atoms with Gasteiger partial charge in [-0.05, 0) is 48.4 Å². The van der Waals surface area contributed by atoms with Crippen LogP contribution in [-0.2, 0) is 6.42 Å². The van der Waals surface area contributed by atoms with Crippen LogP contribution in [0.4, 0.5) is 0 Å². The van der Waals surface area contributed by atoms with E-state index in [0.29, 0.717) is 0 Å². The van der Waals surface area contributed by atoms with Crippen molar-refractivity contribution in [3.05, 3.63) is 60.2 Å². The predicted molar refractivity (Wildman–Crippen MR) is 80.9 cm³/mol. The van der Waals surface area contributed by atoms with E-state index in [0.717, 1.165) is 6.42 Å². The molecule has 0 heteroatoms. The summed E-state index contributed by atoms with van der Waals surface area (Å²) in [6.45, 7) is 2.20. The lowest BCUT2D eigenvalue weighted by Crippen LogP contribution is -1.81. The Hall–Kier alpha value is -1.56. The quantitative estimate of drug-likeness (QED) is 0.574. The van der Waals surface area contributed by atoms with Gasteiger partial charge in [-0.1, -0.05) is 61.5 Å². The summed E-state index contributed by atoms with van der Waals surface area (Å²) in [5.41, 5.74) is 1.44. The molecule has 0 N–H and O–H groups in total. The van der Waals surface area contributed by atoms with Gasteiger partial charge in [-0.15, -0.1) is 0 Å². The molecule has 3 rings (SSSR count). The van der Waals surface area contributed by atoms with Crippen molar-refractivity contribution in [2.75, 3.05) is 0 Å². The molecular formula is C18H22. The third-order valence-corrected chi connectivity index (χ3v) is 3.42. The van der Waals surface area contributed by atoms with Gasteiger partial charge in [-0.25, -0.2) is 0 Å². The van der Waals surface area contributed by atoms with Crippen molar-refractivity contribution in [3.63, 3.8) is 0 Å². The highest BCUT2D eigenvalue weighted by Crippen LogP contribution is 2.18. The van der Waals surface area contributed by atoms with E-state index in [-0.39, 0.29) is 0 Å². The van der Waals surface area contributed by atoms with Gasteiger partial charge in [0.05, 0.1) is 0 Å². The van der Waals surface area contributed by atoms with E-state index in [2.05, 4.69) is 61.5 Å². The van der Waals surface area contributed by atoms with Crippen molar-refractivity contribution in [1.82, 2.24) is 0 Å². The maximum Gasteiger partial charge on any atom is -0.0152 e. The average Bonchev–Trinajstić information content (AvgIpc) is 2.49. The molecule has 0 saturated heterocycles. The van der Waals surface area contributed by atoms with Crippen LogP contribution < -0.4 is 0 Å². The Balaban J connectivity index is 0.000000169. The Labute approximate surface area is 110 Å². The maximum absolute atomic E-state index is 2.27. The molecule has 1 aliphatic rings. The molecule has 2 aromatic carbocycles. The zero-order chi connectivity index (χ0) is 12.6. The third kappa shape index (κ3) is 3.46. The van der Waals surface area contributed by atoms with Crippen molar-refractivity contribution in [3.8, 4) is 0 Å². The second-order valence-corrected chi connectivity index (χ2v) is 4.75. The Morgan fingerprint density at radius 3 is 2.11 bits per heavy atom. The lowest BCUT2D eigenvalue weighted by atomic mass is 10.0. The van der Waals surface area contributed by atoms with Crippen LogP contribution in [0.25, 0.3) is 10.8 Å². The van der Waals surface area contributed by atoms with Gasteiger partial charge in [0.2, 0.25) is 0 Å². The molecule has 0 radical (unpaired) electrons. The third-order valence-electron chi connectivity index (χ3n) is 3.42. The maximum atomic E-state index is 2.27. The van der Waals surface area contributed by atoms with Crippen LogP contribution >= 0.6 is 0 Å². The van der Waals surface area contributed by atoms with E-state index in [4.69, 9.17) is 0 Å². The molecule has 0 unspecified atom stereocenters. The summed E-state index contributed by atoms with van der Waals surface area (Å²) in [5, 5.41) is 2.74. The molecule has 0 heterocycles. The number of benzene rings is 2. The molecule has 0 saturated carbocycles. The molecule has 0 fully saturated rings. The van der Waals surface area contributed by atoms with E-state index in [1.54, 1.807) is 0 Å². The Bertz CT molecular complexity index is 495. The Morgan fingerprint density at radius 1 is 0.833 bits per heavy atom. The summed E-state index contributed by atoms with van der Waals surface area (Å²) in [6.07, 6.45) is 11.1. The highest BCUT2D eigenvalue weighted by atomic mass is 14.0. The second-order valence-electron chi connectivity index (χ2n) is 4.75. The summed E-state index contributed by atoms with van der Waals surface area (Å²) in [4.78, 5) is 0. The van der Waals surface area contributed by atoms with E-state index < -0.39 is 0 Å². The van der Waals surface area contributed by atoms with Crippen molar-refractivity contribution in [2.45, 2.75) is 39.0 Å². The van der Waals surface area contributed by atoms with E-state index in [1.165, 1.54) is 42.0 Å². The molecule has 0 bridgehead atoms.